The summed E-state index contributed by atoms with van der Waals surface area (Å²) in [4.78, 5) is 14.4. The molecule has 0 amide bonds. The molecule has 2 aliphatic carbocycles. The molecule has 204 valence electrons. The maximum Gasteiger partial charge on any atom is 0.237 e. The second kappa shape index (κ2) is 11.0. The van der Waals surface area contributed by atoms with Crippen molar-refractivity contribution in [1.29, 1.82) is 0 Å². The molecule has 0 bridgehead atoms. The van der Waals surface area contributed by atoms with Crippen molar-refractivity contribution >= 4 is 22.4 Å². The third kappa shape index (κ3) is 5.00. The lowest BCUT2D eigenvalue weighted by Gasteiger charge is -2.25. The van der Waals surface area contributed by atoms with E-state index in [1.54, 1.807) is 26.5 Å². The summed E-state index contributed by atoms with van der Waals surface area (Å²) < 4.78 is 41.3. The molecule has 1 saturated carbocycles. The second-order valence-electron chi connectivity index (χ2n) is 9.87. The third-order valence-electron chi connectivity index (χ3n) is 7.39. The zero-order chi connectivity index (χ0) is 27.6. The van der Waals surface area contributed by atoms with Crippen LogP contribution in [-0.2, 0) is 4.74 Å². The summed E-state index contributed by atoms with van der Waals surface area (Å²) in [5, 5.41) is 4.18. The van der Waals surface area contributed by atoms with Crippen LogP contribution in [0.15, 0.2) is 77.9 Å². The van der Waals surface area contributed by atoms with Crippen molar-refractivity contribution in [1.82, 2.24) is 14.5 Å². The Kier molecular flexibility index (Phi) is 7.13. The number of anilines is 2. The van der Waals surface area contributed by atoms with Crippen LogP contribution in [0.4, 0.5) is 20.2 Å². The van der Waals surface area contributed by atoms with E-state index in [1.807, 2.05) is 53.1 Å². The van der Waals surface area contributed by atoms with Crippen LogP contribution in [0.2, 0.25) is 0 Å². The summed E-state index contributed by atoms with van der Waals surface area (Å²) in [5.41, 5.74) is 4.79. The number of nitrogens with one attached hydrogen (secondary N) is 1. The second-order valence-corrected chi connectivity index (χ2v) is 9.87. The van der Waals surface area contributed by atoms with E-state index in [-0.39, 0.29) is 12.1 Å². The highest BCUT2D eigenvalue weighted by Gasteiger charge is 2.22. The summed E-state index contributed by atoms with van der Waals surface area (Å²) in [6.07, 6.45) is 5.63. The maximum atomic E-state index is 14.4. The highest BCUT2D eigenvalue weighted by atomic mass is 19.2. The average molecular weight is 542 g/mol. The van der Waals surface area contributed by atoms with Crippen LogP contribution < -0.4 is 15.4 Å². The van der Waals surface area contributed by atoms with Gasteiger partial charge in [-0.05, 0) is 74.2 Å². The van der Waals surface area contributed by atoms with Crippen molar-refractivity contribution in [3.63, 3.8) is 0 Å². The fourth-order valence-electron chi connectivity index (χ4n) is 5.35. The van der Waals surface area contributed by atoms with Gasteiger partial charge in [0, 0.05) is 25.1 Å². The number of para-hydroxylation sites is 2. The lowest BCUT2D eigenvalue weighted by Crippen LogP contribution is -2.25. The topological polar surface area (TPSA) is 73.6 Å². The zero-order valence-corrected chi connectivity index (χ0v) is 22.3. The van der Waals surface area contributed by atoms with Crippen LogP contribution in [0.5, 0.6) is 5.88 Å². The fraction of sp³-hybridized carbons (Fsp3) is 0.258. The van der Waals surface area contributed by atoms with Crippen molar-refractivity contribution in [2.45, 2.75) is 37.8 Å². The Bertz CT molecular complexity index is 1710. The Morgan fingerprint density at radius 3 is 2.50 bits per heavy atom. The summed E-state index contributed by atoms with van der Waals surface area (Å²) in [6.45, 7) is 0. The fourth-order valence-corrected chi connectivity index (χ4v) is 5.35. The lowest BCUT2D eigenvalue weighted by atomic mass is 9.93. The van der Waals surface area contributed by atoms with Gasteiger partial charge in [0.25, 0.3) is 0 Å². The molecule has 1 aliphatic heterocycles. The maximum absolute atomic E-state index is 14.4. The number of nitrogens with zero attached hydrogens (tertiary/aromatic N) is 4. The predicted octanol–water partition coefficient (Wildman–Crippen LogP) is 6.41. The molecule has 3 aliphatic rings. The molecule has 9 heteroatoms. The first kappa shape index (κ1) is 25.9. The molecule has 0 spiro atoms. The number of aromatic nitrogens is 3. The van der Waals surface area contributed by atoms with Gasteiger partial charge in [-0.2, -0.15) is 0 Å². The minimum Gasteiger partial charge on any atom is -0.480 e. The Morgan fingerprint density at radius 1 is 0.900 bits per heavy atom. The standard InChI is InChI=1S/C31H29F2N5O2/c1-39-21-12-9-19(10-13-21)35-27-18-30-28(17-26(27)37-25-7-5-15-34-31(25)40-2)36-24-6-3-4-8-29(24)38(30)20-11-14-22(32)23(33)16-20/h3-8,11,14-19,21,37H,9-10,12-13H2,1-2H3/b35-27+. The average Bonchev–Trinajstić information content (AvgIpc) is 2.98. The molecule has 1 aromatic heterocycles. The molecule has 0 radical (unpaired) electrons. The largest absolute Gasteiger partial charge is 0.480 e. The number of methoxy groups -OCH3 is 2. The monoisotopic (exact) mass is 541 g/mol. The molecule has 2 aromatic carbocycles. The Balaban J connectivity index is 1.59. The lowest BCUT2D eigenvalue weighted by molar-refractivity contribution is 0.0663. The first-order valence-corrected chi connectivity index (χ1v) is 13.3. The van der Waals surface area contributed by atoms with E-state index in [0.717, 1.165) is 54.0 Å². The van der Waals surface area contributed by atoms with E-state index >= 15 is 0 Å². The summed E-state index contributed by atoms with van der Waals surface area (Å²) in [6, 6.07) is 19.3. The van der Waals surface area contributed by atoms with Gasteiger partial charge in [-0.15, -0.1) is 0 Å². The van der Waals surface area contributed by atoms with Crippen molar-refractivity contribution in [2.24, 2.45) is 4.99 Å². The number of benzene rings is 3. The van der Waals surface area contributed by atoms with Gasteiger partial charge < -0.3 is 19.4 Å². The van der Waals surface area contributed by atoms with E-state index in [4.69, 9.17) is 19.5 Å². The van der Waals surface area contributed by atoms with Gasteiger partial charge >= 0.3 is 0 Å². The highest BCUT2D eigenvalue weighted by molar-refractivity contribution is 5.84. The van der Waals surface area contributed by atoms with Gasteiger partial charge in [-0.25, -0.2) is 18.7 Å². The number of ether oxygens (including phenoxy) is 2. The van der Waals surface area contributed by atoms with Crippen LogP contribution in [-0.4, -0.2) is 40.9 Å². The van der Waals surface area contributed by atoms with Crippen molar-refractivity contribution in [2.75, 3.05) is 19.5 Å². The molecular weight excluding hydrogens is 512 g/mol. The number of pyridine rings is 1. The number of hydrogen-bond donors (Lipinski definition) is 1. The number of halogens is 2. The number of hydrogen-bond acceptors (Lipinski definition) is 6. The molecule has 1 fully saturated rings. The van der Waals surface area contributed by atoms with E-state index in [2.05, 4.69) is 10.3 Å². The first-order chi connectivity index (χ1) is 19.5. The predicted molar refractivity (Wildman–Crippen MR) is 150 cm³/mol. The van der Waals surface area contributed by atoms with Gasteiger partial charge in [0.05, 0.1) is 52.7 Å². The normalized spacial score (nSPS) is 17.9. The van der Waals surface area contributed by atoms with Crippen LogP contribution in [0.25, 0.3) is 28.1 Å². The van der Waals surface area contributed by atoms with E-state index in [9.17, 15) is 8.78 Å². The van der Waals surface area contributed by atoms with Crippen LogP contribution in [0, 0.1) is 11.6 Å². The Labute approximate surface area is 230 Å². The van der Waals surface area contributed by atoms with Gasteiger partial charge in [-0.3, -0.25) is 4.99 Å². The van der Waals surface area contributed by atoms with Crippen molar-refractivity contribution < 1.29 is 18.3 Å². The molecule has 6 rings (SSSR count). The zero-order valence-electron chi connectivity index (χ0n) is 22.3. The van der Waals surface area contributed by atoms with Gasteiger partial charge in [0.1, 0.15) is 5.69 Å². The van der Waals surface area contributed by atoms with Crippen molar-refractivity contribution in [3.05, 3.63) is 89.9 Å². The molecule has 0 saturated heterocycles. The number of rotatable bonds is 6. The SMILES string of the molecule is COc1ncccc1Nc1cc2nc3ccccc3n(-c3ccc(F)c(F)c3)c-2c/c1=N\C1CCC(OC)CC1. The van der Waals surface area contributed by atoms with Crippen LogP contribution in [0.3, 0.4) is 0 Å². The first-order valence-electron chi connectivity index (χ1n) is 13.3. The summed E-state index contributed by atoms with van der Waals surface area (Å²) in [7, 11) is 3.33. The van der Waals surface area contributed by atoms with Gasteiger partial charge in [0.2, 0.25) is 5.88 Å². The minimum atomic E-state index is -0.916. The van der Waals surface area contributed by atoms with Crippen LogP contribution >= 0.6 is 0 Å². The molecular formula is C31H29F2N5O2. The smallest absolute Gasteiger partial charge is 0.237 e. The molecule has 0 atom stereocenters. The third-order valence-corrected chi connectivity index (χ3v) is 7.39. The molecule has 7 nitrogen and oxygen atoms in total. The molecule has 1 N–H and O–H groups in total. The van der Waals surface area contributed by atoms with E-state index < -0.39 is 11.6 Å². The quantitative estimate of drug-likeness (QED) is 0.251. The van der Waals surface area contributed by atoms with E-state index in [0.29, 0.717) is 28.5 Å². The Morgan fingerprint density at radius 2 is 1.73 bits per heavy atom. The Hall–Kier alpha value is -4.37. The van der Waals surface area contributed by atoms with Crippen LogP contribution in [0.1, 0.15) is 25.7 Å². The summed E-state index contributed by atoms with van der Waals surface area (Å²) in [5.74, 6) is -1.36. The van der Waals surface area contributed by atoms with Gasteiger partial charge in [-0.1, -0.05) is 12.1 Å². The van der Waals surface area contributed by atoms with Gasteiger partial charge in [0.15, 0.2) is 11.6 Å². The molecule has 40 heavy (non-hydrogen) atoms. The van der Waals surface area contributed by atoms with Crippen molar-refractivity contribution in [3.8, 4) is 23.0 Å². The minimum absolute atomic E-state index is 0.116. The summed E-state index contributed by atoms with van der Waals surface area (Å²) >= 11 is 0. The molecule has 2 heterocycles. The van der Waals surface area contributed by atoms with E-state index in [1.165, 1.54) is 6.07 Å². The highest BCUT2D eigenvalue weighted by Crippen LogP contribution is 2.32. The molecule has 0 unspecified atom stereocenters. The molecule has 3 aromatic rings. The number of fused-ring (bicyclic) bond motifs is 2.